The van der Waals surface area contributed by atoms with E-state index in [1.165, 1.54) is 17.3 Å². The number of oxazole rings is 1. The van der Waals surface area contributed by atoms with Crippen molar-refractivity contribution in [2.75, 3.05) is 12.9 Å². The van der Waals surface area contributed by atoms with Crippen LogP contribution in [0.2, 0.25) is 0 Å². The van der Waals surface area contributed by atoms with Gasteiger partial charge in [0.05, 0.1) is 23.5 Å². The summed E-state index contributed by atoms with van der Waals surface area (Å²) in [5, 5.41) is 4.48. The summed E-state index contributed by atoms with van der Waals surface area (Å²) in [4.78, 5) is 16.5. The number of rotatable bonds is 9. The lowest BCUT2D eigenvalue weighted by molar-refractivity contribution is -0.118. The highest BCUT2D eigenvalue weighted by Crippen LogP contribution is 2.37. The lowest BCUT2D eigenvalue weighted by Crippen LogP contribution is -2.19. The maximum atomic E-state index is 12.1. The van der Waals surface area contributed by atoms with Crippen LogP contribution in [0.1, 0.15) is 16.7 Å². The summed E-state index contributed by atoms with van der Waals surface area (Å²) in [5.41, 5.74) is 6.95. The number of carbonyl (C=O) groups is 1. The summed E-state index contributed by atoms with van der Waals surface area (Å²) in [6, 6.07) is 19.2. The standard InChI is InChI=1S/C25H22BrN3O4S/c1-16-7-9-17(10-8-16)14-32-24-19(26)11-18(12-22(24)31-2)13-27-29-23(30)15-34-25-28-20-5-3-4-6-21(20)33-25/h3-13H,14-15H2,1-2H3,(H,29,30)/b27-13-. The van der Waals surface area contributed by atoms with Gasteiger partial charge in [-0.15, -0.1) is 0 Å². The van der Waals surface area contributed by atoms with Crippen LogP contribution in [-0.4, -0.2) is 30.0 Å². The fourth-order valence-corrected chi connectivity index (χ4v) is 4.25. The molecule has 0 spiro atoms. The zero-order valence-electron chi connectivity index (χ0n) is 18.6. The molecule has 0 aliphatic rings. The Kier molecular flexibility index (Phi) is 7.87. The number of hydrogen-bond donors (Lipinski definition) is 1. The van der Waals surface area contributed by atoms with E-state index >= 15 is 0 Å². The fraction of sp³-hybridized carbons (Fsp3) is 0.160. The molecule has 9 heteroatoms. The molecule has 0 aliphatic heterocycles. The molecule has 0 fully saturated rings. The molecule has 4 aromatic rings. The minimum atomic E-state index is -0.271. The van der Waals surface area contributed by atoms with E-state index in [0.29, 0.717) is 28.9 Å². The Morgan fingerprint density at radius 2 is 2.00 bits per heavy atom. The van der Waals surface area contributed by atoms with Crippen LogP contribution in [0.25, 0.3) is 11.1 Å². The molecule has 0 saturated heterocycles. The summed E-state index contributed by atoms with van der Waals surface area (Å²) in [5.74, 6) is 1.01. The van der Waals surface area contributed by atoms with Crippen molar-refractivity contribution < 1.29 is 18.7 Å². The molecule has 0 saturated carbocycles. The van der Waals surface area contributed by atoms with E-state index in [-0.39, 0.29) is 11.7 Å². The first kappa shape index (κ1) is 23.8. The summed E-state index contributed by atoms with van der Waals surface area (Å²) in [6.45, 7) is 2.46. The van der Waals surface area contributed by atoms with Crippen molar-refractivity contribution in [2.45, 2.75) is 18.8 Å². The number of fused-ring (bicyclic) bond motifs is 1. The third-order valence-corrected chi connectivity index (χ3v) is 6.18. The molecule has 1 aromatic heterocycles. The zero-order chi connectivity index (χ0) is 23.9. The highest BCUT2D eigenvalue weighted by Gasteiger charge is 2.12. The third kappa shape index (κ3) is 6.18. The lowest BCUT2D eigenvalue weighted by atomic mass is 10.2. The maximum absolute atomic E-state index is 12.1. The van der Waals surface area contributed by atoms with Crippen molar-refractivity contribution in [3.63, 3.8) is 0 Å². The van der Waals surface area contributed by atoms with Crippen LogP contribution in [-0.2, 0) is 11.4 Å². The number of ether oxygens (including phenoxy) is 2. The van der Waals surface area contributed by atoms with Crippen LogP contribution in [0, 0.1) is 6.92 Å². The second-order valence-electron chi connectivity index (χ2n) is 7.34. The van der Waals surface area contributed by atoms with Gasteiger partial charge in [0.1, 0.15) is 12.1 Å². The molecule has 0 unspecified atom stereocenters. The molecule has 0 bridgehead atoms. The fourth-order valence-electron chi connectivity index (χ4n) is 3.05. The van der Waals surface area contributed by atoms with Crippen LogP contribution in [0.15, 0.2) is 79.9 Å². The van der Waals surface area contributed by atoms with Gasteiger partial charge >= 0.3 is 0 Å². The Labute approximate surface area is 209 Å². The Morgan fingerprint density at radius 1 is 1.21 bits per heavy atom. The van der Waals surface area contributed by atoms with Crippen LogP contribution < -0.4 is 14.9 Å². The van der Waals surface area contributed by atoms with E-state index in [1.54, 1.807) is 19.4 Å². The molecule has 0 aliphatic carbocycles. The number of carbonyl (C=O) groups excluding carboxylic acids is 1. The Hall–Kier alpha value is -3.30. The average molecular weight is 540 g/mol. The molecule has 3 aromatic carbocycles. The molecular weight excluding hydrogens is 518 g/mol. The van der Waals surface area contributed by atoms with Crippen LogP contribution in [0.3, 0.4) is 0 Å². The number of amides is 1. The number of hydrazone groups is 1. The van der Waals surface area contributed by atoms with E-state index in [9.17, 15) is 4.79 Å². The molecular formula is C25H22BrN3O4S. The Morgan fingerprint density at radius 3 is 2.76 bits per heavy atom. The minimum absolute atomic E-state index is 0.128. The number of aromatic nitrogens is 1. The van der Waals surface area contributed by atoms with Gasteiger partial charge < -0.3 is 13.9 Å². The first-order valence-corrected chi connectivity index (χ1v) is 12.2. The van der Waals surface area contributed by atoms with Gasteiger partial charge in [0.25, 0.3) is 11.1 Å². The predicted molar refractivity (Wildman–Crippen MR) is 137 cm³/mol. The molecule has 1 N–H and O–H groups in total. The first-order valence-electron chi connectivity index (χ1n) is 10.4. The van der Waals surface area contributed by atoms with Crippen LogP contribution in [0.5, 0.6) is 11.5 Å². The molecule has 7 nitrogen and oxygen atoms in total. The number of nitrogens with zero attached hydrogens (tertiary/aromatic N) is 2. The van der Waals surface area contributed by atoms with Crippen LogP contribution in [0.4, 0.5) is 0 Å². The van der Waals surface area contributed by atoms with Gasteiger partial charge in [-0.2, -0.15) is 5.10 Å². The molecule has 174 valence electrons. The van der Waals surface area contributed by atoms with Crippen molar-refractivity contribution in [1.29, 1.82) is 0 Å². The molecule has 0 atom stereocenters. The van der Waals surface area contributed by atoms with Crippen molar-refractivity contribution in [2.24, 2.45) is 5.10 Å². The summed E-state index contributed by atoms with van der Waals surface area (Å²) in [7, 11) is 1.58. The van der Waals surface area contributed by atoms with Crippen LogP contribution >= 0.6 is 27.7 Å². The van der Waals surface area contributed by atoms with Gasteiger partial charge in [-0.25, -0.2) is 10.4 Å². The topological polar surface area (TPSA) is 86.0 Å². The highest BCUT2D eigenvalue weighted by atomic mass is 79.9. The van der Waals surface area contributed by atoms with Gasteiger partial charge in [-0.1, -0.05) is 53.7 Å². The number of benzene rings is 3. The summed E-state index contributed by atoms with van der Waals surface area (Å²) >= 11 is 4.74. The number of methoxy groups -OCH3 is 1. The Balaban J connectivity index is 1.33. The SMILES string of the molecule is COc1cc(/C=N\NC(=O)CSc2nc3ccccc3o2)cc(Br)c1OCc1ccc(C)cc1. The van der Waals surface area contributed by atoms with E-state index in [4.69, 9.17) is 13.9 Å². The van der Waals surface area contributed by atoms with E-state index in [0.717, 1.165) is 21.1 Å². The predicted octanol–water partition coefficient (Wildman–Crippen LogP) is 5.73. The van der Waals surface area contributed by atoms with Gasteiger partial charge in [0, 0.05) is 0 Å². The van der Waals surface area contributed by atoms with E-state index in [1.807, 2.05) is 61.5 Å². The van der Waals surface area contributed by atoms with Gasteiger partial charge in [0.2, 0.25) is 0 Å². The highest BCUT2D eigenvalue weighted by molar-refractivity contribution is 9.10. The first-order chi connectivity index (χ1) is 16.5. The van der Waals surface area contributed by atoms with E-state index < -0.39 is 0 Å². The third-order valence-electron chi connectivity index (χ3n) is 4.76. The normalized spacial score (nSPS) is 11.1. The second-order valence-corrected chi connectivity index (χ2v) is 9.12. The van der Waals surface area contributed by atoms with Crippen molar-refractivity contribution in [3.8, 4) is 11.5 Å². The maximum Gasteiger partial charge on any atom is 0.257 e. The number of hydrogen-bond acceptors (Lipinski definition) is 7. The number of para-hydroxylation sites is 2. The quantitative estimate of drug-likeness (QED) is 0.166. The monoisotopic (exact) mass is 539 g/mol. The average Bonchev–Trinajstić information content (AvgIpc) is 3.26. The molecule has 1 amide bonds. The molecule has 0 radical (unpaired) electrons. The molecule has 4 rings (SSSR count). The molecule has 1 heterocycles. The number of thioether (sulfide) groups is 1. The molecule has 34 heavy (non-hydrogen) atoms. The van der Waals surface area contributed by atoms with Crippen molar-refractivity contribution >= 4 is 50.9 Å². The van der Waals surface area contributed by atoms with Crippen molar-refractivity contribution in [1.82, 2.24) is 10.4 Å². The largest absolute Gasteiger partial charge is 0.493 e. The zero-order valence-corrected chi connectivity index (χ0v) is 21.0. The second kappa shape index (κ2) is 11.2. The summed E-state index contributed by atoms with van der Waals surface area (Å²) < 4.78 is 17.8. The minimum Gasteiger partial charge on any atom is -0.493 e. The smallest absolute Gasteiger partial charge is 0.257 e. The number of nitrogens with one attached hydrogen (secondary N) is 1. The Bertz CT molecular complexity index is 1290. The van der Waals surface area contributed by atoms with E-state index in [2.05, 4.69) is 31.4 Å². The van der Waals surface area contributed by atoms with Gasteiger partial charge in [-0.3, -0.25) is 4.79 Å². The lowest BCUT2D eigenvalue weighted by Gasteiger charge is -2.13. The van der Waals surface area contributed by atoms with Crippen molar-refractivity contribution in [3.05, 3.63) is 81.8 Å². The number of halogens is 1. The van der Waals surface area contributed by atoms with Gasteiger partial charge in [-0.05, 0) is 58.2 Å². The summed E-state index contributed by atoms with van der Waals surface area (Å²) in [6.07, 6.45) is 1.54. The number of aryl methyl sites for hydroxylation is 1. The van der Waals surface area contributed by atoms with Gasteiger partial charge in [0.15, 0.2) is 17.1 Å².